The monoisotopic (exact) mass is 199 g/mol. The Morgan fingerprint density at radius 2 is 2.46 bits per heavy atom. The Bertz CT molecular complexity index is 199. The van der Waals surface area contributed by atoms with Crippen molar-refractivity contribution in [1.29, 1.82) is 0 Å². The van der Waals surface area contributed by atoms with Gasteiger partial charge in [0, 0.05) is 11.7 Å². The highest BCUT2D eigenvalue weighted by molar-refractivity contribution is 8.00. The first-order chi connectivity index (χ1) is 6.38. The van der Waals surface area contributed by atoms with Gasteiger partial charge in [0.05, 0.1) is 12.6 Å². The minimum atomic E-state index is 0.146. The maximum absolute atomic E-state index is 6.14. The minimum absolute atomic E-state index is 0.146. The molecule has 13 heavy (non-hydrogen) atoms. The standard InChI is InChI=1S/C10H17NOS/c11-10(8-4-3-6-12-8)9-5-1-2-7-13-9/h4,9-10H,1-3,5-7,11H2. The van der Waals surface area contributed by atoms with Crippen molar-refractivity contribution in [3.05, 3.63) is 11.8 Å². The van der Waals surface area contributed by atoms with Crippen LogP contribution < -0.4 is 5.73 Å². The number of hydrogen-bond acceptors (Lipinski definition) is 3. The van der Waals surface area contributed by atoms with Crippen molar-refractivity contribution in [3.8, 4) is 0 Å². The second-order valence-corrected chi connectivity index (χ2v) is 5.02. The first-order valence-corrected chi connectivity index (χ1v) is 6.13. The fourth-order valence-electron chi connectivity index (χ4n) is 1.90. The Hall–Kier alpha value is -0.150. The van der Waals surface area contributed by atoms with E-state index >= 15 is 0 Å². The van der Waals surface area contributed by atoms with E-state index in [1.165, 1.54) is 25.0 Å². The molecule has 2 nitrogen and oxygen atoms in total. The van der Waals surface area contributed by atoms with Crippen LogP contribution in [0.2, 0.25) is 0 Å². The van der Waals surface area contributed by atoms with Gasteiger partial charge in [0.25, 0.3) is 0 Å². The summed E-state index contributed by atoms with van der Waals surface area (Å²) in [5.74, 6) is 2.31. The smallest absolute Gasteiger partial charge is 0.110 e. The zero-order chi connectivity index (χ0) is 9.10. The summed E-state index contributed by atoms with van der Waals surface area (Å²) in [4.78, 5) is 0. The maximum atomic E-state index is 6.14. The fourth-order valence-corrected chi connectivity index (χ4v) is 3.25. The molecule has 1 fully saturated rings. The van der Waals surface area contributed by atoms with Crippen LogP contribution in [0, 0.1) is 0 Å². The Balaban J connectivity index is 1.90. The van der Waals surface area contributed by atoms with E-state index < -0.39 is 0 Å². The molecule has 0 amide bonds. The van der Waals surface area contributed by atoms with E-state index in [0.717, 1.165) is 18.8 Å². The number of thioether (sulfide) groups is 1. The molecular weight excluding hydrogens is 182 g/mol. The van der Waals surface area contributed by atoms with Crippen molar-refractivity contribution in [3.63, 3.8) is 0 Å². The topological polar surface area (TPSA) is 35.2 Å². The van der Waals surface area contributed by atoms with Gasteiger partial charge in [-0.2, -0.15) is 11.8 Å². The molecule has 2 heterocycles. The van der Waals surface area contributed by atoms with Crippen LogP contribution in [0.1, 0.15) is 25.7 Å². The minimum Gasteiger partial charge on any atom is -0.496 e. The molecule has 0 aromatic heterocycles. The van der Waals surface area contributed by atoms with E-state index in [-0.39, 0.29) is 6.04 Å². The van der Waals surface area contributed by atoms with E-state index in [2.05, 4.69) is 6.08 Å². The van der Waals surface area contributed by atoms with Gasteiger partial charge in [0.2, 0.25) is 0 Å². The Morgan fingerprint density at radius 3 is 3.08 bits per heavy atom. The zero-order valence-corrected chi connectivity index (χ0v) is 8.69. The summed E-state index contributed by atoms with van der Waals surface area (Å²) in [7, 11) is 0. The van der Waals surface area contributed by atoms with Crippen molar-refractivity contribution in [2.24, 2.45) is 5.73 Å². The Kier molecular flexibility index (Phi) is 3.17. The Labute approximate surface area is 83.9 Å². The van der Waals surface area contributed by atoms with Crippen molar-refractivity contribution in [2.45, 2.75) is 37.0 Å². The molecule has 2 atom stereocenters. The molecule has 0 spiro atoms. The van der Waals surface area contributed by atoms with E-state index in [1.807, 2.05) is 11.8 Å². The van der Waals surface area contributed by atoms with Crippen LogP contribution >= 0.6 is 11.8 Å². The highest BCUT2D eigenvalue weighted by Crippen LogP contribution is 2.30. The second-order valence-electron chi connectivity index (χ2n) is 3.67. The second kappa shape index (κ2) is 4.38. The van der Waals surface area contributed by atoms with Gasteiger partial charge in [-0.15, -0.1) is 0 Å². The van der Waals surface area contributed by atoms with Gasteiger partial charge < -0.3 is 10.5 Å². The van der Waals surface area contributed by atoms with Gasteiger partial charge in [-0.25, -0.2) is 0 Å². The van der Waals surface area contributed by atoms with Crippen LogP contribution in [0.15, 0.2) is 11.8 Å². The van der Waals surface area contributed by atoms with E-state index in [4.69, 9.17) is 10.5 Å². The molecule has 2 N–H and O–H groups in total. The summed E-state index contributed by atoms with van der Waals surface area (Å²) in [6.45, 7) is 0.834. The zero-order valence-electron chi connectivity index (χ0n) is 7.87. The summed E-state index contributed by atoms with van der Waals surface area (Å²) in [5, 5.41) is 0.595. The molecular formula is C10H17NOS. The van der Waals surface area contributed by atoms with Crippen LogP contribution in [-0.4, -0.2) is 23.7 Å². The fraction of sp³-hybridized carbons (Fsp3) is 0.800. The largest absolute Gasteiger partial charge is 0.496 e. The predicted octanol–water partition coefficient (Wildman–Crippen LogP) is 1.90. The molecule has 0 radical (unpaired) electrons. The normalized spacial score (nSPS) is 30.8. The van der Waals surface area contributed by atoms with Crippen LogP contribution in [-0.2, 0) is 4.74 Å². The van der Waals surface area contributed by atoms with Gasteiger partial charge in [-0.05, 0) is 24.7 Å². The molecule has 0 aromatic rings. The molecule has 1 saturated heterocycles. The van der Waals surface area contributed by atoms with Gasteiger partial charge in [0.1, 0.15) is 5.76 Å². The lowest BCUT2D eigenvalue weighted by Gasteiger charge is -2.27. The lowest BCUT2D eigenvalue weighted by Crippen LogP contribution is -2.36. The van der Waals surface area contributed by atoms with Crippen molar-refractivity contribution in [1.82, 2.24) is 0 Å². The molecule has 2 aliphatic rings. The Morgan fingerprint density at radius 1 is 1.54 bits per heavy atom. The van der Waals surface area contributed by atoms with E-state index in [1.54, 1.807) is 0 Å². The first kappa shape index (κ1) is 9.41. The summed E-state index contributed by atoms with van der Waals surface area (Å²) in [6.07, 6.45) is 7.14. The molecule has 0 bridgehead atoms. The van der Waals surface area contributed by atoms with E-state index in [0.29, 0.717) is 5.25 Å². The summed E-state index contributed by atoms with van der Waals surface area (Å²) in [5.41, 5.74) is 6.14. The number of nitrogens with two attached hydrogens (primary N) is 1. The van der Waals surface area contributed by atoms with Crippen molar-refractivity contribution in [2.75, 3.05) is 12.4 Å². The SMILES string of the molecule is NC(C1=CCCO1)C1CCCCS1. The molecule has 74 valence electrons. The van der Waals surface area contributed by atoms with Gasteiger partial charge in [0.15, 0.2) is 0 Å². The van der Waals surface area contributed by atoms with Crippen LogP contribution in [0.25, 0.3) is 0 Å². The highest BCUT2D eigenvalue weighted by Gasteiger charge is 2.26. The van der Waals surface area contributed by atoms with Crippen LogP contribution in [0.4, 0.5) is 0 Å². The van der Waals surface area contributed by atoms with Crippen molar-refractivity contribution >= 4 is 11.8 Å². The molecule has 0 aliphatic carbocycles. The molecule has 2 rings (SSSR count). The number of rotatable bonds is 2. The number of ether oxygens (including phenoxy) is 1. The van der Waals surface area contributed by atoms with Gasteiger partial charge in [-0.3, -0.25) is 0 Å². The van der Waals surface area contributed by atoms with Crippen molar-refractivity contribution < 1.29 is 4.74 Å². The van der Waals surface area contributed by atoms with Crippen LogP contribution in [0.3, 0.4) is 0 Å². The average molecular weight is 199 g/mol. The molecule has 3 heteroatoms. The third-order valence-corrected chi connectivity index (χ3v) is 4.16. The first-order valence-electron chi connectivity index (χ1n) is 5.08. The third-order valence-electron chi connectivity index (χ3n) is 2.68. The summed E-state index contributed by atoms with van der Waals surface area (Å²) < 4.78 is 5.49. The molecule has 2 unspecified atom stereocenters. The lowest BCUT2D eigenvalue weighted by molar-refractivity contribution is 0.222. The lowest BCUT2D eigenvalue weighted by atomic mass is 10.1. The summed E-state index contributed by atoms with van der Waals surface area (Å²) in [6, 6.07) is 0.146. The van der Waals surface area contributed by atoms with Gasteiger partial charge >= 0.3 is 0 Å². The highest BCUT2D eigenvalue weighted by atomic mass is 32.2. The maximum Gasteiger partial charge on any atom is 0.110 e. The number of hydrogen-bond donors (Lipinski definition) is 1. The molecule has 0 aromatic carbocycles. The average Bonchev–Trinajstić information content (AvgIpc) is 2.71. The summed E-state index contributed by atoms with van der Waals surface area (Å²) >= 11 is 2.01. The third kappa shape index (κ3) is 2.20. The molecule has 2 aliphatic heterocycles. The van der Waals surface area contributed by atoms with Gasteiger partial charge in [-0.1, -0.05) is 6.42 Å². The van der Waals surface area contributed by atoms with E-state index in [9.17, 15) is 0 Å². The predicted molar refractivity (Wildman–Crippen MR) is 56.7 cm³/mol. The van der Waals surface area contributed by atoms with Crippen LogP contribution in [0.5, 0.6) is 0 Å². The quantitative estimate of drug-likeness (QED) is 0.738. The molecule has 0 saturated carbocycles.